The molecule has 0 saturated carbocycles. The molecule has 4 amide bonds. The summed E-state index contributed by atoms with van der Waals surface area (Å²) < 4.78 is 5.25. The minimum Gasteiger partial charge on any atom is -0.378 e. The molecule has 27 heavy (non-hydrogen) atoms. The zero-order chi connectivity index (χ0) is 20.0. The van der Waals surface area contributed by atoms with Crippen LogP contribution in [0.2, 0.25) is 0 Å². The van der Waals surface area contributed by atoms with Gasteiger partial charge in [-0.05, 0) is 18.3 Å². The van der Waals surface area contributed by atoms with E-state index in [1.54, 1.807) is 4.90 Å². The second-order valence-corrected chi connectivity index (χ2v) is 8.21. The molecule has 0 aromatic heterocycles. The third-order valence-electron chi connectivity index (χ3n) is 4.62. The number of nitrogens with one attached hydrogen (secondary N) is 2. The number of nitriles is 1. The van der Waals surface area contributed by atoms with Gasteiger partial charge in [-0.15, -0.1) is 0 Å². The lowest BCUT2D eigenvalue weighted by Gasteiger charge is -2.33. The molecular formula is C18H29N5O4. The predicted octanol–water partition coefficient (Wildman–Crippen LogP) is 0.421. The van der Waals surface area contributed by atoms with E-state index in [9.17, 15) is 14.4 Å². The molecule has 2 N–H and O–H groups in total. The maximum absolute atomic E-state index is 12.8. The summed E-state index contributed by atoms with van der Waals surface area (Å²) in [5.74, 6) is -0.589. The highest BCUT2D eigenvalue weighted by atomic mass is 16.5. The van der Waals surface area contributed by atoms with Crippen LogP contribution >= 0.6 is 0 Å². The van der Waals surface area contributed by atoms with Gasteiger partial charge in [-0.1, -0.05) is 20.8 Å². The Balaban J connectivity index is 1.98. The molecule has 0 aliphatic carbocycles. The van der Waals surface area contributed by atoms with Gasteiger partial charge in [0, 0.05) is 32.1 Å². The fraction of sp³-hybridized carbons (Fsp3) is 0.778. The van der Waals surface area contributed by atoms with Gasteiger partial charge < -0.3 is 20.3 Å². The van der Waals surface area contributed by atoms with Gasteiger partial charge in [-0.2, -0.15) is 5.26 Å². The number of urea groups is 1. The molecule has 2 atom stereocenters. The lowest BCUT2D eigenvalue weighted by Crippen LogP contribution is -2.56. The minimum atomic E-state index is -0.690. The Morgan fingerprint density at radius 3 is 2.52 bits per heavy atom. The zero-order valence-electron chi connectivity index (χ0n) is 16.3. The fourth-order valence-corrected chi connectivity index (χ4v) is 3.19. The van der Waals surface area contributed by atoms with Gasteiger partial charge in [0.2, 0.25) is 11.8 Å². The summed E-state index contributed by atoms with van der Waals surface area (Å²) in [7, 11) is 0. The van der Waals surface area contributed by atoms with Gasteiger partial charge in [0.1, 0.15) is 6.04 Å². The van der Waals surface area contributed by atoms with Crippen molar-refractivity contribution in [3.05, 3.63) is 0 Å². The highest BCUT2D eigenvalue weighted by Crippen LogP contribution is 2.22. The summed E-state index contributed by atoms with van der Waals surface area (Å²) in [6.07, 6.45) is 2.93. The van der Waals surface area contributed by atoms with Crippen LogP contribution in [-0.2, 0) is 14.3 Å². The summed E-state index contributed by atoms with van der Waals surface area (Å²) in [5, 5.41) is 14.6. The number of morpholine rings is 1. The lowest BCUT2D eigenvalue weighted by atomic mass is 9.87. The smallest absolute Gasteiger partial charge is 0.318 e. The Bertz CT molecular complexity index is 604. The van der Waals surface area contributed by atoms with E-state index in [4.69, 9.17) is 10.00 Å². The summed E-state index contributed by atoms with van der Waals surface area (Å²) in [6, 6.07) is -1.29. The molecule has 2 saturated heterocycles. The number of rotatable bonds is 4. The van der Waals surface area contributed by atoms with Crippen molar-refractivity contribution in [1.29, 1.82) is 5.26 Å². The van der Waals surface area contributed by atoms with Gasteiger partial charge >= 0.3 is 6.03 Å². The number of hydrogen-bond acceptors (Lipinski definition) is 5. The van der Waals surface area contributed by atoms with Crippen LogP contribution in [0.5, 0.6) is 0 Å². The fourth-order valence-electron chi connectivity index (χ4n) is 3.19. The molecular weight excluding hydrogens is 350 g/mol. The van der Waals surface area contributed by atoms with Crippen molar-refractivity contribution in [3.63, 3.8) is 0 Å². The van der Waals surface area contributed by atoms with E-state index in [1.165, 1.54) is 0 Å². The summed E-state index contributed by atoms with van der Waals surface area (Å²) in [5.41, 5.74) is -0.166. The van der Waals surface area contributed by atoms with E-state index in [2.05, 4.69) is 10.6 Å². The van der Waals surface area contributed by atoms with Gasteiger partial charge in [0.15, 0.2) is 6.19 Å². The van der Waals surface area contributed by atoms with Gasteiger partial charge in [-0.3, -0.25) is 9.59 Å². The first-order chi connectivity index (χ1) is 12.7. The van der Waals surface area contributed by atoms with E-state index in [0.29, 0.717) is 45.7 Å². The molecule has 150 valence electrons. The molecule has 2 heterocycles. The highest BCUT2D eigenvalue weighted by molar-refractivity contribution is 5.88. The number of piperidine rings is 1. The average molecular weight is 379 g/mol. The number of hydrogen-bond donors (Lipinski definition) is 2. The molecule has 0 bridgehead atoms. The van der Waals surface area contributed by atoms with Crippen LogP contribution in [0.15, 0.2) is 0 Å². The Hall–Kier alpha value is -2.34. The van der Waals surface area contributed by atoms with Crippen molar-refractivity contribution in [2.24, 2.45) is 5.41 Å². The first-order valence-corrected chi connectivity index (χ1v) is 9.33. The Morgan fingerprint density at radius 2 is 1.96 bits per heavy atom. The van der Waals surface area contributed by atoms with Crippen LogP contribution in [0.3, 0.4) is 0 Å². The molecule has 2 aliphatic rings. The normalized spacial score (nSPS) is 22.0. The van der Waals surface area contributed by atoms with Crippen molar-refractivity contribution in [1.82, 2.24) is 20.4 Å². The minimum absolute atomic E-state index is 0.0962. The third-order valence-corrected chi connectivity index (χ3v) is 4.62. The quantitative estimate of drug-likeness (QED) is 0.687. The average Bonchev–Trinajstić information content (AvgIpc) is 2.61. The van der Waals surface area contributed by atoms with Gasteiger partial charge in [0.05, 0.1) is 13.2 Å². The third kappa shape index (κ3) is 6.40. The number of ether oxygens (including phenoxy) is 1. The Kier molecular flexibility index (Phi) is 7.02. The molecule has 2 aliphatic heterocycles. The maximum atomic E-state index is 12.8. The first kappa shape index (κ1) is 21.0. The summed E-state index contributed by atoms with van der Waals surface area (Å²) in [4.78, 5) is 39.9. The van der Waals surface area contributed by atoms with Crippen LogP contribution in [0, 0.1) is 16.9 Å². The van der Waals surface area contributed by atoms with Gasteiger partial charge in [0.25, 0.3) is 0 Å². The van der Waals surface area contributed by atoms with E-state index < -0.39 is 6.04 Å². The van der Waals surface area contributed by atoms with Crippen molar-refractivity contribution in [3.8, 4) is 6.19 Å². The van der Waals surface area contributed by atoms with Crippen LogP contribution < -0.4 is 10.6 Å². The topological polar surface area (TPSA) is 115 Å². The number of likely N-dealkylation sites (tertiary alicyclic amines) is 1. The number of amides is 4. The molecule has 0 radical (unpaired) electrons. The highest BCUT2D eigenvalue weighted by Gasteiger charge is 2.32. The molecule has 2 unspecified atom stereocenters. The SMILES string of the molecule is CC(C)(C)CC(NC(=O)N1CCOCC1)C(=O)NC1CCN(C#N)C(=O)C1. The molecule has 9 heteroatoms. The summed E-state index contributed by atoms with van der Waals surface area (Å²) in [6.45, 7) is 8.28. The van der Waals surface area contributed by atoms with E-state index in [-0.39, 0.29) is 35.7 Å². The predicted molar refractivity (Wildman–Crippen MR) is 97.3 cm³/mol. The number of nitrogens with zero attached hydrogens (tertiary/aromatic N) is 3. The van der Waals surface area contributed by atoms with E-state index in [0.717, 1.165) is 4.90 Å². The Morgan fingerprint density at radius 1 is 1.30 bits per heavy atom. The van der Waals surface area contributed by atoms with E-state index >= 15 is 0 Å². The number of carbonyl (C=O) groups excluding carboxylic acids is 3. The van der Waals surface area contributed by atoms with Gasteiger partial charge in [-0.25, -0.2) is 9.69 Å². The second kappa shape index (κ2) is 9.04. The molecule has 9 nitrogen and oxygen atoms in total. The standard InChI is InChI=1S/C18H29N5O4/c1-18(2,3)11-14(21-17(26)22-6-8-27-9-7-22)16(25)20-13-4-5-23(12-19)15(24)10-13/h13-14H,4-11H2,1-3H3,(H,20,25)(H,21,26). The molecule has 2 fully saturated rings. The van der Waals surface area contributed by atoms with Crippen molar-refractivity contribution >= 4 is 17.8 Å². The Labute approximate surface area is 160 Å². The maximum Gasteiger partial charge on any atom is 0.318 e. The van der Waals surface area contributed by atoms with Crippen LogP contribution in [0.25, 0.3) is 0 Å². The molecule has 0 aromatic rings. The summed E-state index contributed by atoms with van der Waals surface area (Å²) >= 11 is 0. The number of carbonyl (C=O) groups is 3. The largest absolute Gasteiger partial charge is 0.378 e. The van der Waals surface area contributed by atoms with Crippen molar-refractivity contribution in [2.75, 3.05) is 32.8 Å². The molecule has 2 rings (SSSR count). The van der Waals surface area contributed by atoms with Crippen LogP contribution in [-0.4, -0.2) is 72.6 Å². The lowest BCUT2D eigenvalue weighted by molar-refractivity contribution is -0.131. The van der Waals surface area contributed by atoms with Crippen molar-refractivity contribution < 1.29 is 19.1 Å². The first-order valence-electron chi connectivity index (χ1n) is 9.33. The monoisotopic (exact) mass is 379 g/mol. The van der Waals surface area contributed by atoms with Crippen LogP contribution in [0.4, 0.5) is 4.79 Å². The van der Waals surface area contributed by atoms with Crippen LogP contribution in [0.1, 0.15) is 40.0 Å². The van der Waals surface area contributed by atoms with E-state index in [1.807, 2.05) is 27.0 Å². The molecule has 0 spiro atoms. The zero-order valence-corrected chi connectivity index (χ0v) is 16.3. The second-order valence-electron chi connectivity index (χ2n) is 8.21. The molecule has 0 aromatic carbocycles. The van der Waals surface area contributed by atoms with Crippen molar-refractivity contribution in [2.45, 2.75) is 52.1 Å².